The third kappa shape index (κ3) is 5.90. The molecule has 3 atom stereocenters. The van der Waals surface area contributed by atoms with Gasteiger partial charge in [0.15, 0.2) is 0 Å². The third-order valence-corrected chi connectivity index (χ3v) is 4.85. The van der Waals surface area contributed by atoms with Gasteiger partial charge in [0.05, 0.1) is 18.1 Å². The lowest BCUT2D eigenvalue weighted by Gasteiger charge is -2.34. The van der Waals surface area contributed by atoms with Gasteiger partial charge in [-0.3, -0.25) is 4.79 Å². The number of nitrogens with zero attached hydrogens (tertiary/aromatic N) is 1. The second-order valence-electron chi connectivity index (χ2n) is 6.09. The average Bonchev–Trinajstić information content (AvgIpc) is 2.32. The maximum absolute atomic E-state index is 12.3. The van der Waals surface area contributed by atoms with Gasteiger partial charge in [-0.1, -0.05) is 13.8 Å². The van der Waals surface area contributed by atoms with Gasteiger partial charge in [0.25, 0.3) is 10.2 Å². The van der Waals surface area contributed by atoms with Crippen molar-refractivity contribution < 1.29 is 23.1 Å². The number of ether oxygens (including phenoxy) is 1. The number of carboxylic acids is 1. The SMILES string of the molecule is CC(C)CC(CNS(=O)(=O)N1CC(C)OC(C)C1)C(=O)O. The molecule has 1 saturated heterocycles. The van der Waals surface area contributed by atoms with Gasteiger partial charge in [-0.2, -0.15) is 12.7 Å². The molecular weight excluding hydrogens is 296 g/mol. The van der Waals surface area contributed by atoms with Gasteiger partial charge in [0, 0.05) is 19.6 Å². The van der Waals surface area contributed by atoms with E-state index in [1.54, 1.807) is 0 Å². The van der Waals surface area contributed by atoms with E-state index in [4.69, 9.17) is 9.84 Å². The summed E-state index contributed by atoms with van der Waals surface area (Å²) in [6.45, 7) is 7.93. The lowest BCUT2D eigenvalue weighted by molar-refractivity contribution is -0.142. The fraction of sp³-hybridized carbons (Fsp3) is 0.923. The Balaban J connectivity index is 2.64. The first-order chi connectivity index (χ1) is 9.61. The third-order valence-electron chi connectivity index (χ3n) is 3.34. The number of hydrogen-bond donors (Lipinski definition) is 2. The highest BCUT2D eigenvalue weighted by Crippen LogP contribution is 2.15. The number of aliphatic carboxylic acids is 1. The topological polar surface area (TPSA) is 95.9 Å². The van der Waals surface area contributed by atoms with Crippen molar-refractivity contribution in [2.75, 3.05) is 19.6 Å². The van der Waals surface area contributed by atoms with E-state index in [-0.39, 0.29) is 37.8 Å². The quantitative estimate of drug-likeness (QED) is 0.718. The normalized spacial score (nSPS) is 26.0. The molecule has 0 aromatic rings. The Kier molecular flexibility index (Phi) is 6.58. The summed E-state index contributed by atoms with van der Waals surface area (Å²) < 4.78 is 33.7. The predicted molar refractivity (Wildman–Crippen MR) is 79.1 cm³/mol. The van der Waals surface area contributed by atoms with Crippen molar-refractivity contribution in [1.29, 1.82) is 0 Å². The molecule has 1 fully saturated rings. The molecule has 3 unspecified atom stereocenters. The predicted octanol–water partition coefficient (Wildman–Crippen LogP) is 0.677. The van der Waals surface area contributed by atoms with E-state index in [9.17, 15) is 13.2 Å². The summed E-state index contributed by atoms with van der Waals surface area (Å²) in [5.41, 5.74) is 0. The van der Waals surface area contributed by atoms with Gasteiger partial charge in [-0.25, -0.2) is 4.72 Å². The van der Waals surface area contributed by atoms with Crippen LogP contribution in [0.3, 0.4) is 0 Å². The lowest BCUT2D eigenvalue weighted by atomic mass is 9.98. The van der Waals surface area contributed by atoms with E-state index >= 15 is 0 Å². The molecule has 0 aliphatic carbocycles. The highest BCUT2D eigenvalue weighted by atomic mass is 32.2. The van der Waals surface area contributed by atoms with E-state index < -0.39 is 22.1 Å². The van der Waals surface area contributed by atoms with Gasteiger partial charge < -0.3 is 9.84 Å². The van der Waals surface area contributed by atoms with Crippen molar-refractivity contribution in [1.82, 2.24) is 9.03 Å². The smallest absolute Gasteiger partial charge is 0.307 e. The van der Waals surface area contributed by atoms with Gasteiger partial charge in [-0.05, 0) is 26.2 Å². The maximum Gasteiger partial charge on any atom is 0.307 e. The zero-order chi connectivity index (χ0) is 16.2. The van der Waals surface area contributed by atoms with Crippen molar-refractivity contribution in [3.05, 3.63) is 0 Å². The zero-order valence-corrected chi connectivity index (χ0v) is 13.9. The van der Waals surface area contributed by atoms with Gasteiger partial charge >= 0.3 is 5.97 Å². The van der Waals surface area contributed by atoms with Gasteiger partial charge in [0.1, 0.15) is 0 Å². The van der Waals surface area contributed by atoms with Crippen LogP contribution in [0.5, 0.6) is 0 Å². The van der Waals surface area contributed by atoms with E-state index in [2.05, 4.69) is 4.72 Å². The molecule has 0 radical (unpaired) electrons. The van der Waals surface area contributed by atoms with Crippen molar-refractivity contribution in [3.63, 3.8) is 0 Å². The van der Waals surface area contributed by atoms with Crippen molar-refractivity contribution in [2.45, 2.75) is 46.3 Å². The lowest BCUT2D eigenvalue weighted by Crippen LogP contribution is -2.52. The van der Waals surface area contributed by atoms with Crippen molar-refractivity contribution in [3.8, 4) is 0 Å². The summed E-state index contributed by atoms with van der Waals surface area (Å²) in [7, 11) is -3.67. The van der Waals surface area contributed by atoms with Crippen LogP contribution in [0.25, 0.3) is 0 Å². The van der Waals surface area contributed by atoms with Crippen molar-refractivity contribution >= 4 is 16.2 Å². The van der Waals surface area contributed by atoms with E-state index in [0.717, 1.165) is 0 Å². The number of hydrogen-bond acceptors (Lipinski definition) is 4. The average molecular weight is 322 g/mol. The van der Waals surface area contributed by atoms with Crippen LogP contribution in [-0.4, -0.2) is 55.6 Å². The van der Waals surface area contributed by atoms with Crippen LogP contribution in [-0.2, 0) is 19.7 Å². The van der Waals surface area contributed by atoms with E-state index in [1.165, 1.54) is 4.31 Å². The maximum atomic E-state index is 12.3. The second kappa shape index (κ2) is 7.53. The minimum Gasteiger partial charge on any atom is -0.481 e. The molecule has 8 heteroatoms. The molecule has 0 spiro atoms. The highest BCUT2D eigenvalue weighted by molar-refractivity contribution is 7.87. The Morgan fingerprint density at radius 2 is 1.86 bits per heavy atom. The summed E-state index contributed by atoms with van der Waals surface area (Å²) in [5.74, 6) is -1.50. The molecule has 1 rings (SSSR count). The van der Waals surface area contributed by atoms with E-state index in [0.29, 0.717) is 6.42 Å². The minimum atomic E-state index is -3.67. The summed E-state index contributed by atoms with van der Waals surface area (Å²) in [4.78, 5) is 11.2. The van der Waals surface area contributed by atoms with E-state index in [1.807, 2.05) is 27.7 Å². The van der Waals surface area contributed by atoms with Crippen LogP contribution >= 0.6 is 0 Å². The molecule has 0 amide bonds. The first-order valence-corrected chi connectivity index (χ1v) is 8.68. The first-order valence-electron chi connectivity index (χ1n) is 7.24. The molecule has 0 aromatic carbocycles. The molecule has 0 aromatic heterocycles. The molecule has 1 heterocycles. The monoisotopic (exact) mass is 322 g/mol. The number of morpholine rings is 1. The van der Waals surface area contributed by atoms with Gasteiger partial charge in [0.2, 0.25) is 0 Å². The van der Waals surface area contributed by atoms with Crippen LogP contribution in [0.2, 0.25) is 0 Å². The fourth-order valence-corrected chi connectivity index (χ4v) is 3.87. The fourth-order valence-electron chi connectivity index (χ4n) is 2.46. The second-order valence-corrected chi connectivity index (χ2v) is 7.85. The van der Waals surface area contributed by atoms with Crippen LogP contribution in [0.15, 0.2) is 0 Å². The zero-order valence-electron chi connectivity index (χ0n) is 13.1. The first kappa shape index (κ1) is 18.3. The largest absolute Gasteiger partial charge is 0.481 e. The molecule has 1 aliphatic heterocycles. The molecule has 124 valence electrons. The molecule has 0 saturated carbocycles. The Morgan fingerprint density at radius 3 is 2.29 bits per heavy atom. The van der Waals surface area contributed by atoms with Gasteiger partial charge in [-0.15, -0.1) is 0 Å². The van der Waals surface area contributed by atoms with Crippen LogP contribution in [0.1, 0.15) is 34.1 Å². The molecule has 1 aliphatic rings. The molecule has 7 nitrogen and oxygen atoms in total. The van der Waals surface area contributed by atoms with Crippen molar-refractivity contribution in [2.24, 2.45) is 11.8 Å². The molecule has 2 N–H and O–H groups in total. The van der Waals surface area contributed by atoms with Crippen LogP contribution in [0, 0.1) is 11.8 Å². The summed E-state index contributed by atoms with van der Waals surface area (Å²) in [6, 6.07) is 0. The highest BCUT2D eigenvalue weighted by Gasteiger charge is 2.32. The molecule has 21 heavy (non-hydrogen) atoms. The standard InChI is InChI=1S/C13H26N2O5S/c1-9(2)5-12(13(16)17)6-14-21(18,19)15-7-10(3)20-11(4)8-15/h9-12,14H,5-8H2,1-4H3,(H,16,17). The molecular formula is C13H26N2O5S. The number of nitrogens with one attached hydrogen (secondary N) is 1. The number of carbonyl (C=O) groups is 1. The summed E-state index contributed by atoms with van der Waals surface area (Å²) >= 11 is 0. The Morgan fingerprint density at radius 1 is 1.33 bits per heavy atom. The Bertz CT molecular complexity index is 441. The number of rotatable bonds is 7. The number of carboxylic acid groups (broad SMARTS) is 1. The van der Waals surface area contributed by atoms with Crippen LogP contribution < -0.4 is 4.72 Å². The summed E-state index contributed by atoms with van der Waals surface area (Å²) in [6.07, 6.45) is 0.0980. The minimum absolute atomic E-state index is 0.0873. The Hall–Kier alpha value is -0.700. The Labute approximate surface area is 126 Å². The summed E-state index contributed by atoms with van der Waals surface area (Å²) in [5, 5.41) is 9.15. The van der Waals surface area contributed by atoms with Crippen LogP contribution in [0.4, 0.5) is 0 Å². The molecule has 0 bridgehead atoms.